The highest BCUT2D eigenvalue weighted by atomic mass is 16.1. The molecule has 2 aromatic rings. The van der Waals surface area contributed by atoms with E-state index in [1.165, 1.54) is 11.3 Å². The fourth-order valence-electron chi connectivity index (χ4n) is 3.29. The molecule has 150 valence electrons. The van der Waals surface area contributed by atoms with Crippen molar-refractivity contribution in [1.29, 1.82) is 0 Å². The molecule has 1 amide bonds. The fourth-order valence-corrected chi connectivity index (χ4v) is 3.29. The zero-order valence-corrected chi connectivity index (χ0v) is 17.1. The van der Waals surface area contributed by atoms with Gasteiger partial charge < -0.3 is 20.0 Å². The first-order chi connectivity index (χ1) is 13.5. The molecule has 7 heteroatoms. The number of nitrogens with zero attached hydrogens (tertiary/aromatic N) is 5. The average Bonchev–Trinajstić information content (AvgIpc) is 2.71. The largest absolute Gasteiger partial charge is 0.368 e. The number of hydrogen-bond acceptors (Lipinski definition) is 6. The molecule has 0 bridgehead atoms. The van der Waals surface area contributed by atoms with E-state index in [9.17, 15) is 4.79 Å². The molecule has 7 nitrogen and oxygen atoms in total. The number of carbonyl (C=O) groups excluding carboxylic acids is 1. The Bertz CT molecular complexity index is 769. The van der Waals surface area contributed by atoms with Gasteiger partial charge >= 0.3 is 0 Å². The molecule has 0 aliphatic carbocycles. The molecule has 2 heterocycles. The molecule has 1 aromatic heterocycles. The quantitative estimate of drug-likeness (QED) is 0.737. The molecule has 1 N–H and O–H groups in total. The first-order valence-electron chi connectivity index (χ1n) is 9.84. The molecule has 1 aromatic carbocycles. The minimum absolute atomic E-state index is 0.116. The van der Waals surface area contributed by atoms with E-state index in [1.54, 1.807) is 12.4 Å². The van der Waals surface area contributed by atoms with Gasteiger partial charge in [0.25, 0.3) is 5.91 Å². The van der Waals surface area contributed by atoms with Gasteiger partial charge in [-0.3, -0.25) is 4.79 Å². The van der Waals surface area contributed by atoms with Gasteiger partial charge in [-0.2, -0.15) is 0 Å². The van der Waals surface area contributed by atoms with Crippen LogP contribution in [0, 0.1) is 6.92 Å². The van der Waals surface area contributed by atoms with Gasteiger partial charge in [0.1, 0.15) is 0 Å². The van der Waals surface area contributed by atoms with Gasteiger partial charge in [-0.15, -0.1) is 0 Å². The summed E-state index contributed by atoms with van der Waals surface area (Å²) in [6.45, 7) is 7.31. The van der Waals surface area contributed by atoms with Crippen LogP contribution in [0.4, 0.5) is 11.6 Å². The Morgan fingerprint density at radius 1 is 1.11 bits per heavy atom. The summed E-state index contributed by atoms with van der Waals surface area (Å²) in [6, 6.07) is 8.60. The van der Waals surface area contributed by atoms with Crippen molar-refractivity contribution < 1.29 is 4.79 Å². The number of piperazine rings is 1. The molecule has 0 spiro atoms. The van der Waals surface area contributed by atoms with E-state index in [4.69, 9.17) is 0 Å². The topological polar surface area (TPSA) is 64.6 Å². The second kappa shape index (κ2) is 9.50. The van der Waals surface area contributed by atoms with Crippen LogP contribution in [0.1, 0.15) is 22.3 Å². The lowest BCUT2D eigenvalue weighted by atomic mass is 10.2. The first-order valence-corrected chi connectivity index (χ1v) is 9.84. The second-order valence-corrected chi connectivity index (χ2v) is 7.50. The summed E-state index contributed by atoms with van der Waals surface area (Å²) in [5, 5.41) is 2.92. The number of nitrogens with one attached hydrogen (secondary N) is 1. The summed E-state index contributed by atoms with van der Waals surface area (Å²) < 4.78 is 0. The monoisotopic (exact) mass is 382 g/mol. The van der Waals surface area contributed by atoms with E-state index in [0.29, 0.717) is 18.1 Å². The summed E-state index contributed by atoms with van der Waals surface area (Å²) in [6.07, 6.45) is 4.16. The summed E-state index contributed by atoms with van der Waals surface area (Å²) in [4.78, 5) is 27.7. The molecule has 0 atom stereocenters. The predicted octanol–water partition coefficient (Wildman–Crippen LogP) is 1.79. The zero-order valence-electron chi connectivity index (χ0n) is 17.1. The van der Waals surface area contributed by atoms with Crippen molar-refractivity contribution in [3.63, 3.8) is 0 Å². The van der Waals surface area contributed by atoms with Crippen molar-refractivity contribution >= 4 is 17.5 Å². The molecule has 1 aliphatic heterocycles. The Kier molecular flexibility index (Phi) is 6.81. The SMILES string of the molecule is Cc1cccc(N2CCN(c3ncc(C(=O)NCCCN(C)C)cn3)CC2)c1. The maximum absolute atomic E-state index is 12.2. The summed E-state index contributed by atoms with van der Waals surface area (Å²) in [5.41, 5.74) is 3.05. The third kappa shape index (κ3) is 5.42. The number of benzene rings is 1. The molecule has 28 heavy (non-hydrogen) atoms. The Morgan fingerprint density at radius 2 is 1.79 bits per heavy atom. The molecule has 0 unspecified atom stereocenters. The van der Waals surface area contributed by atoms with E-state index in [-0.39, 0.29) is 5.91 Å². The maximum Gasteiger partial charge on any atom is 0.254 e. The summed E-state index contributed by atoms with van der Waals surface area (Å²) >= 11 is 0. The van der Waals surface area contributed by atoms with Crippen molar-refractivity contribution in [3.8, 4) is 0 Å². The number of hydrogen-bond donors (Lipinski definition) is 1. The molecular formula is C21H30N6O. The van der Waals surface area contributed by atoms with Gasteiger partial charge in [-0.05, 0) is 51.7 Å². The fraction of sp³-hybridized carbons (Fsp3) is 0.476. The Morgan fingerprint density at radius 3 is 2.43 bits per heavy atom. The number of amides is 1. The number of carbonyl (C=O) groups is 1. The summed E-state index contributed by atoms with van der Waals surface area (Å²) in [5.74, 6) is 0.572. The van der Waals surface area contributed by atoms with E-state index in [1.807, 2.05) is 14.1 Å². The molecule has 1 fully saturated rings. The number of aryl methyl sites for hydroxylation is 1. The van der Waals surface area contributed by atoms with Crippen LogP contribution < -0.4 is 15.1 Å². The van der Waals surface area contributed by atoms with Crippen molar-refractivity contribution in [2.45, 2.75) is 13.3 Å². The second-order valence-electron chi connectivity index (χ2n) is 7.50. The lowest BCUT2D eigenvalue weighted by Crippen LogP contribution is -2.47. The zero-order chi connectivity index (χ0) is 19.9. The molecule has 3 rings (SSSR count). The lowest BCUT2D eigenvalue weighted by Gasteiger charge is -2.36. The Hall–Kier alpha value is -2.67. The van der Waals surface area contributed by atoms with E-state index in [2.05, 4.69) is 61.2 Å². The van der Waals surface area contributed by atoms with Gasteiger partial charge in [0.15, 0.2) is 0 Å². The van der Waals surface area contributed by atoms with Crippen LogP contribution in [-0.2, 0) is 0 Å². The highest BCUT2D eigenvalue weighted by Crippen LogP contribution is 2.19. The van der Waals surface area contributed by atoms with Crippen molar-refractivity contribution in [1.82, 2.24) is 20.2 Å². The van der Waals surface area contributed by atoms with Crippen LogP contribution in [0.15, 0.2) is 36.7 Å². The van der Waals surface area contributed by atoms with Crippen LogP contribution in [0.2, 0.25) is 0 Å². The van der Waals surface area contributed by atoms with Crippen LogP contribution in [0.5, 0.6) is 0 Å². The molecule has 0 saturated carbocycles. The Labute approximate surface area is 167 Å². The molecular weight excluding hydrogens is 352 g/mol. The van der Waals surface area contributed by atoms with Gasteiger partial charge in [-0.1, -0.05) is 12.1 Å². The smallest absolute Gasteiger partial charge is 0.254 e. The van der Waals surface area contributed by atoms with Crippen LogP contribution in [-0.4, -0.2) is 74.1 Å². The Balaban J connectivity index is 1.50. The standard InChI is InChI=1S/C21H30N6O/c1-17-6-4-7-19(14-17)26-10-12-27(13-11-26)21-23-15-18(16-24-21)20(28)22-8-5-9-25(2)3/h4,6-7,14-16H,5,8-13H2,1-3H3,(H,22,28). The van der Waals surface area contributed by atoms with Crippen LogP contribution >= 0.6 is 0 Å². The highest BCUT2D eigenvalue weighted by Gasteiger charge is 2.19. The van der Waals surface area contributed by atoms with Gasteiger partial charge in [0.2, 0.25) is 5.95 Å². The van der Waals surface area contributed by atoms with Crippen molar-refractivity contribution in [2.75, 3.05) is 63.2 Å². The minimum atomic E-state index is -0.116. The predicted molar refractivity (Wildman–Crippen MR) is 113 cm³/mol. The maximum atomic E-state index is 12.2. The number of rotatable bonds is 7. The average molecular weight is 383 g/mol. The van der Waals surface area contributed by atoms with Gasteiger partial charge in [0, 0.05) is 50.8 Å². The van der Waals surface area contributed by atoms with Crippen LogP contribution in [0.25, 0.3) is 0 Å². The van der Waals surface area contributed by atoms with Gasteiger partial charge in [0.05, 0.1) is 5.56 Å². The normalized spacial score (nSPS) is 14.4. The van der Waals surface area contributed by atoms with E-state index < -0.39 is 0 Å². The van der Waals surface area contributed by atoms with Crippen molar-refractivity contribution in [2.24, 2.45) is 0 Å². The first kappa shape index (κ1) is 20.1. The van der Waals surface area contributed by atoms with Crippen LogP contribution in [0.3, 0.4) is 0 Å². The van der Waals surface area contributed by atoms with Gasteiger partial charge in [-0.25, -0.2) is 9.97 Å². The molecule has 0 radical (unpaired) electrons. The minimum Gasteiger partial charge on any atom is -0.368 e. The summed E-state index contributed by atoms with van der Waals surface area (Å²) in [7, 11) is 4.05. The van der Waals surface area contributed by atoms with E-state index >= 15 is 0 Å². The third-order valence-corrected chi connectivity index (χ3v) is 4.90. The number of anilines is 2. The molecule has 1 aliphatic rings. The number of aromatic nitrogens is 2. The van der Waals surface area contributed by atoms with E-state index in [0.717, 1.165) is 39.1 Å². The van der Waals surface area contributed by atoms with Crippen molar-refractivity contribution in [3.05, 3.63) is 47.8 Å². The lowest BCUT2D eigenvalue weighted by molar-refractivity contribution is 0.0951. The molecule has 1 saturated heterocycles. The third-order valence-electron chi connectivity index (χ3n) is 4.90. The highest BCUT2D eigenvalue weighted by molar-refractivity contribution is 5.93.